The summed E-state index contributed by atoms with van der Waals surface area (Å²) >= 11 is 1.35. The molecule has 0 aromatic carbocycles. The molecule has 0 unspecified atom stereocenters. The van der Waals surface area contributed by atoms with E-state index in [0.717, 1.165) is 17.8 Å². The number of hydrogen-bond donors (Lipinski definition) is 2. The number of anilines is 2. The number of hydrogen-bond acceptors (Lipinski definition) is 6. The number of nitrogen functional groups attached to an aromatic ring is 1. The standard InChI is InChI=1S/C13H19N3O3S2/c14-10-8-11(16-4-1-6-21(18,19)7-5-16)20-12(10)13(17)15-9-2-3-9/h8-9H,1-7,14H2,(H,15,17). The number of carbonyl (C=O) groups excluding carboxylic acids is 1. The summed E-state index contributed by atoms with van der Waals surface area (Å²) in [5.41, 5.74) is 6.41. The van der Waals surface area contributed by atoms with Gasteiger partial charge in [-0.25, -0.2) is 8.42 Å². The van der Waals surface area contributed by atoms with Crippen molar-refractivity contribution < 1.29 is 13.2 Å². The Hall–Kier alpha value is -1.28. The molecule has 21 heavy (non-hydrogen) atoms. The summed E-state index contributed by atoms with van der Waals surface area (Å²) < 4.78 is 23.3. The first-order valence-electron chi connectivity index (χ1n) is 7.10. The van der Waals surface area contributed by atoms with Crippen molar-refractivity contribution in [2.45, 2.75) is 25.3 Å². The van der Waals surface area contributed by atoms with E-state index in [1.54, 1.807) is 6.07 Å². The molecule has 3 N–H and O–H groups in total. The molecule has 0 spiro atoms. The summed E-state index contributed by atoms with van der Waals surface area (Å²) in [6, 6.07) is 2.08. The molecule has 2 aliphatic rings. The van der Waals surface area contributed by atoms with Crippen molar-refractivity contribution in [3.8, 4) is 0 Å². The summed E-state index contributed by atoms with van der Waals surface area (Å²) in [5.74, 6) is 0.280. The fourth-order valence-corrected chi connectivity index (χ4v) is 4.67. The molecule has 1 saturated carbocycles. The molecule has 1 amide bonds. The summed E-state index contributed by atoms with van der Waals surface area (Å²) in [4.78, 5) is 14.6. The van der Waals surface area contributed by atoms with Gasteiger partial charge in [0.2, 0.25) is 0 Å². The van der Waals surface area contributed by atoms with Crippen LogP contribution in [0.5, 0.6) is 0 Å². The summed E-state index contributed by atoms with van der Waals surface area (Å²) in [5, 5.41) is 3.81. The van der Waals surface area contributed by atoms with Gasteiger partial charge in [-0.05, 0) is 25.3 Å². The molecular weight excluding hydrogens is 310 g/mol. The van der Waals surface area contributed by atoms with E-state index < -0.39 is 9.84 Å². The van der Waals surface area contributed by atoms with Gasteiger partial charge in [-0.3, -0.25) is 4.79 Å². The SMILES string of the molecule is Nc1cc(N2CCCS(=O)(=O)CC2)sc1C(=O)NC1CC1. The predicted molar refractivity (Wildman–Crippen MR) is 84.7 cm³/mol. The number of thiophene rings is 1. The van der Waals surface area contributed by atoms with Crippen molar-refractivity contribution in [1.82, 2.24) is 5.32 Å². The molecule has 2 heterocycles. The second-order valence-electron chi connectivity index (χ2n) is 5.61. The van der Waals surface area contributed by atoms with Gasteiger partial charge < -0.3 is 16.0 Å². The Morgan fingerprint density at radius 1 is 1.33 bits per heavy atom. The number of nitrogens with zero attached hydrogens (tertiary/aromatic N) is 1. The minimum atomic E-state index is -2.93. The van der Waals surface area contributed by atoms with Crippen molar-refractivity contribution in [1.29, 1.82) is 0 Å². The van der Waals surface area contributed by atoms with Crippen LogP contribution in [0.25, 0.3) is 0 Å². The van der Waals surface area contributed by atoms with Gasteiger partial charge in [-0.1, -0.05) is 0 Å². The van der Waals surface area contributed by atoms with Crippen molar-refractivity contribution in [3.05, 3.63) is 10.9 Å². The van der Waals surface area contributed by atoms with Crippen LogP contribution in [0.4, 0.5) is 10.7 Å². The number of nitrogens with two attached hydrogens (primary N) is 1. The Labute approximate surface area is 128 Å². The number of rotatable bonds is 3. The Bertz CT molecular complexity index is 650. The van der Waals surface area contributed by atoms with E-state index in [1.807, 2.05) is 4.90 Å². The van der Waals surface area contributed by atoms with Gasteiger partial charge in [0.25, 0.3) is 5.91 Å². The fraction of sp³-hybridized carbons (Fsp3) is 0.615. The van der Waals surface area contributed by atoms with Crippen LogP contribution < -0.4 is 16.0 Å². The number of amides is 1. The highest BCUT2D eigenvalue weighted by Crippen LogP contribution is 2.33. The molecule has 6 nitrogen and oxygen atoms in total. The van der Waals surface area contributed by atoms with E-state index >= 15 is 0 Å². The van der Waals surface area contributed by atoms with Gasteiger partial charge >= 0.3 is 0 Å². The van der Waals surface area contributed by atoms with E-state index in [0.29, 0.717) is 36.1 Å². The molecule has 2 fully saturated rings. The molecule has 1 aromatic heterocycles. The van der Waals surface area contributed by atoms with Crippen LogP contribution in [0.15, 0.2) is 6.07 Å². The zero-order valence-corrected chi connectivity index (χ0v) is 13.3. The Balaban J connectivity index is 1.75. The van der Waals surface area contributed by atoms with Crippen LogP contribution in [0.3, 0.4) is 0 Å². The monoisotopic (exact) mass is 329 g/mol. The molecule has 8 heteroatoms. The predicted octanol–water partition coefficient (Wildman–Crippen LogP) is 0.847. The molecule has 1 aliphatic carbocycles. The Kier molecular flexibility index (Phi) is 3.83. The van der Waals surface area contributed by atoms with Crippen LogP contribution in [-0.4, -0.2) is 45.0 Å². The summed E-state index contributed by atoms with van der Waals surface area (Å²) in [6.45, 7) is 1.15. The molecule has 3 rings (SSSR count). The maximum Gasteiger partial charge on any atom is 0.263 e. The van der Waals surface area contributed by atoms with Crippen LogP contribution >= 0.6 is 11.3 Å². The Morgan fingerprint density at radius 3 is 2.81 bits per heavy atom. The molecule has 116 valence electrons. The zero-order chi connectivity index (χ0) is 15.0. The van der Waals surface area contributed by atoms with Crippen molar-refractivity contribution in [2.24, 2.45) is 0 Å². The first-order chi connectivity index (χ1) is 9.94. The first-order valence-corrected chi connectivity index (χ1v) is 9.74. The molecule has 0 radical (unpaired) electrons. The number of carbonyl (C=O) groups is 1. The highest BCUT2D eigenvalue weighted by molar-refractivity contribution is 7.91. The zero-order valence-electron chi connectivity index (χ0n) is 11.7. The lowest BCUT2D eigenvalue weighted by Crippen LogP contribution is -2.26. The lowest BCUT2D eigenvalue weighted by atomic mass is 10.3. The lowest BCUT2D eigenvalue weighted by Gasteiger charge is -2.19. The van der Waals surface area contributed by atoms with Gasteiger partial charge in [0, 0.05) is 19.1 Å². The number of nitrogens with one attached hydrogen (secondary N) is 1. The van der Waals surface area contributed by atoms with E-state index in [-0.39, 0.29) is 17.4 Å². The van der Waals surface area contributed by atoms with Gasteiger partial charge in [0.05, 0.1) is 22.2 Å². The van der Waals surface area contributed by atoms with Gasteiger partial charge in [0.1, 0.15) is 4.88 Å². The van der Waals surface area contributed by atoms with Gasteiger partial charge in [0.15, 0.2) is 9.84 Å². The third-order valence-corrected chi connectivity index (χ3v) is 6.66. The van der Waals surface area contributed by atoms with Crippen molar-refractivity contribution in [3.63, 3.8) is 0 Å². The fourth-order valence-electron chi connectivity index (χ4n) is 2.36. The average Bonchev–Trinajstić information content (AvgIpc) is 3.16. The van der Waals surface area contributed by atoms with Crippen LogP contribution in [0.2, 0.25) is 0 Å². The smallest absolute Gasteiger partial charge is 0.263 e. The minimum Gasteiger partial charge on any atom is -0.397 e. The highest BCUT2D eigenvalue weighted by Gasteiger charge is 2.27. The minimum absolute atomic E-state index is 0.117. The molecule has 1 aliphatic heterocycles. The maximum atomic E-state index is 12.1. The summed E-state index contributed by atoms with van der Waals surface area (Å²) in [7, 11) is -2.93. The topological polar surface area (TPSA) is 92.5 Å². The summed E-state index contributed by atoms with van der Waals surface area (Å²) in [6.07, 6.45) is 2.69. The van der Waals surface area contributed by atoms with Crippen molar-refractivity contribution >= 4 is 37.8 Å². The second kappa shape index (κ2) is 5.49. The molecular formula is C13H19N3O3S2. The molecule has 0 atom stereocenters. The maximum absolute atomic E-state index is 12.1. The van der Waals surface area contributed by atoms with Crippen LogP contribution in [-0.2, 0) is 9.84 Å². The highest BCUT2D eigenvalue weighted by atomic mass is 32.2. The first kappa shape index (κ1) is 14.6. The van der Waals surface area contributed by atoms with E-state index in [2.05, 4.69) is 5.32 Å². The van der Waals surface area contributed by atoms with Crippen LogP contribution in [0, 0.1) is 0 Å². The number of sulfone groups is 1. The van der Waals surface area contributed by atoms with Gasteiger partial charge in [-0.15, -0.1) is 11.3 Å². The third-order valence-electron chi connectivity index (χ3n) is 3.73. The average molecular weight is 329 g/mol. The van der Waals surface area contributed by atoms with E-state index in [1.165, 1.54) is 11.3 Å². The third kappa shape index (κ3) is 3.49. The van der Waals surface area contributed by atoms with E-state index in [4.69, 9.17) is 5.73 Å². The molecule has 1 saturated heterocycles. The van der Waals surface area contributed by atoms with E-state index in [9.17, 15) is 13.2 Å². The lowest BCUT2D eigenvalue weighted by molar-refractivity contribution is 0.0956. The quantitative estimate of drug-likeness (QED) is 0.857. The molecule has 1 aromatic rings. The normalized spacial score (nSPS) is 21.8. The van der Waals surface area contributed by atoms with Crippen molar-refractivity contribution in [2.75, 3.05) is 35.2 Å². The van der Waals surface area contributed by atoms with Gasteiger partial charge in [-0.2, -0.15) is 0 Å². The largest absolute Gasteiger partial charge is 0.397 e. The molecule has 0 bridgehead atoms. The second-order valence-corrected chi connectivity index (χ2v) is 8.94. The Morgan fingerprint density at radius 2 is 2.10 bits per heavy atom. The van der Waals surface area contributed by atoms with Crippen LogP contribution in [0.1, 0.15) is 28.9 Å².